The third-order valence-corrected chi connectivity index (χ3v) is 9.17. The van der Waals surface area contributed by atoms with Crippen LogP contribution in [0.2, 0.25) is 0 Å². The molecule has 232 valence electrons. The van der Waals surface area contributed by atoms with E-state index in [2.05, 4.69) is 5.32 Å². The number of amides is 2. The SMILES string of the molecule is Cc1ccc(S(N)(=O)=O)cc1C(=O)N1CCc2cc3ccc2C1c1cccc(c1)OCCCNC(=O)CCc1ccc(cc1)O3. The smallest absolute Gasteiger partial charge is 0.254 e. The predicted octanol–water partition coefficient (Wildman–Crippen LogP) is 5.05. The fraction of sp³-hybridized carbons (Fsp3) is 0.257. The summed E-state index contributed by atoms with van der Waals surface area (Å²) in [5.74, 6) is 1.72. The standard InChI is InChI=1S/C35H35N3O6S/c1-23-6-13-30(45(36,41)42)22-32(23)35(40)38-18-16-25-20-29-12-14-31(25)34(38)26-4-2-5-28(21-26)43-19-3-17-37-33(39)15-9-24-7-10-27(44-29)11-8-24/h2,4-8,10-14,20-22,34H,3,9,15-19H2,1H3,(H,37,39)(H2,36,41,42). The third-order valence-electron chi connectivity index (χ3n) is 8.26. The molecule has 5 heterocycles. The van der Waals surface area contributed by atoms with Gasteiger partial charge in [-0.1, -0.05) is 36.4 Å². The van der Waals surface area contributed by atoms with E-state index < -0.39 is 16.1 Å². The van der Waals surface area contributed by atoms with Gasteiger partial charge in [0.15, 0.2) is 0 Å². The Morgan fingerprint density at radius 3 is 2.51 bits per heavy atom. The predicted molar refractivity (Wildman–Crippen MR) is 170 cm³/mol. The molecule has 1 atom stereocenters. The normalized spacial score (nSPS) is 17.1. The van der Waals surface area contributed by atoms with Crippen LogP contribution >= 0.6 is 0 Å². The summed E-state index contributed by atoms with van der Waals surface area (Å²) in [5.41, 5.74) is 4.84. The average Bonchev–Trinajstić information content (AvgIpc) is 3.03. The summed E-state index contributed by atoms with van der Waals surface area (Å²) >= 11 is 0. The summed E-state index contributed by atoms with van der Waals surface area (Å²) in [7, 11) is -4.00. The number of hydrogen-bond acceptors (Lipinski definition) is 6. The van der Waals surface area contributed by atoms with E-state index in [9.17, 15) is 18.0 Å². The van der Waals surface area contributed by atoms with E-state index in [1.165, 1.54) is 12.1 Å². The zero-order valence-electron chi connectivity index (χ0n) is 25.0. The maximum atomic E-state index is 14.2. The number of rotatable bonds is 2. The largest absolute Gasteiger partial charge is 0.494 e. The van der Waals surface area contributed by atoms with Crippen molar-refractivity contribution < 1.29 is 27.5 Å². The molecule has 4 aromatic rings. The van der Waals surface area contributed by atoms with Crippen molar-refractivity contribution in [3.05, 3.63) is 118 Å². The lowest BCUT2D eigenvalue weighted by Crippen LogP contribution is -2.41. The maximum Gasteiger partial charge on any atom is 0.254 e. The molecule has 5 aliphatic rings. The summed E-state index contributed by atoms with van der Waals surface area (Å²) < 4.78 is 36.5. The van der Waals surface area contributed by atoms with E-state index in [1.54, 1.807) is 17.9 Å². The van der Waals surface area contributed by atoms with Gasteiger partial charge >= 0.3 is 0 Å². The second-order valence-corrected chi connectivity index (χ2v) is 13.0. The Bertz CT molecular complexity index is 1860. The zero-order chi connectivity index (χ0) is 31.6. The summed E-state index contributed by atoms with van der Waals surface area (Å²) in [4.78, 5) is 28.2. The summed E-state index contributed by atoms with van der Waals surface area (Å²) in [6.45, 7) is 3.09. The van der Waals surface area contributed by atoms with Crippen molar-refractivity contribution >= 4 is 21.8 Å². The van der Waals surface area contributed by atoms with Crippen molar-refractivity contribution in [1.29, 1.82) is 0 Å². The van der Waals surface area contributed by atoms with Crippen LogP contribution in [0.25, 0.3) is 0 Å². The van der Waals surface area contributed by atoms with E-state index in [0.717, 1.165) is 22.3 Å². The first-order chi connectivity index (χ1) is 21.7. The number of primary sulfonamides is 1. The summed E-state index contributed by atoms with van der Waals surface area (Å²) in [5, 5.41) is 8.36. The number of carbonyl (C=O) groups excluding carboxylic acids is 2. The minimum Gasteiger partial charge on any atom is -0.494 e. The molecular weight excluding hydrogens is 590 g/mol. The molecule has 3 N–H and O–H groups in total. The lowest BCUT2D eigenvalue weighted by molar-refractivity contribution is -0.121. The first-order valence-electron chi connectivity index (χ1n) is 15.0. The molecule has 0 saturated carbocycles. The van der Waals surface area contributed by atoms with Crippen LogP contribution in [-0.4, -0.2) is 44.8 Å². The molecule has 0 aliphatic carbocycles. The second kappa shape index (κ2) is 12.7. The first kappa shape index (κ1) is 30.4. The van der Waals surface area contributed by atoms with E-state index in [0.29, 0.717) is 68.2 Å². The van der Waals surface area contributed by atoms with Crippen LogP contribution < -0.4 is 19.9 Å². The van der Waals surface area contributed by atoms with Gasteiger partial charge in [0.2, 0.25) is 15.9 Å². The van der Waals surface area contributed by atoms with Crippen LogP contribution in [0.3, 0.4) is 0 Å². The minimum atomic E-state index is -4.00. The number of benzene rings is 4. The van der Waals surface area contributed by atoms with E-state index in [4.69, 9.17) is 14.6 Å². The van der Waals surface area contributed by atoms with Gasteiger partial charge in [-0.05, 0) is 103 Å². The van der Waals surface area contributed by atoms with Crippen molar-refractivity contribution in [3.8, 4) is 17.2 Å². The molecule has 0 radical (unpaired) electrons. The Morgan fingerprint density at radius 2 is 1.71 bits per heavy atom. The van der Waals surface area contributed by atoms with Crippen molar-refractivity contribution in [2.75, 3.05) is 19.7 Å². The van der Waals surface area contributed by atoms with Crippen LogP contribution in [-0.2, 0) is 27.7 Å². The van der Waals surface area contributed by atoms with Gasteiger partial charge in [-0.2, -0.15) is 0 Å². The Kier molecular flexibility index (Phi) is 8.60. The Balaban J connectivity index is 1.40. The fourth-order valence-corrected chi connectivity index (χ4v) is 6.42. The Morgan fingerprint density at radius 1 is 0.911 bits per heavy atom. The van der Waals surface area contributed by atoms with Crippen LogP contribution in [0.4, 0.5) is 0 Å². The minimum absolute atomic E-state index is 0.00794. The number of aryl methyl sites for hydroxylation is 2. The number of nitrogens with one attached hydrogen (secondary N) is 1. The highest BCUT2D eigenvalue weighted by Gasteiger charge is 2.34. The molecule has 8 bridgehead atoms. The van der Waals surface area contributed by atoms with E-state index in [-0.39, 0.29) is 22.3 Å². The molecule has 2 amide bonds. The van der Waals surface area contributed by atoms with Crippen molar-refractivity contribution in [2.45, 2.75) is 43.5 Å². The van der Waals surface area contributed by atoms with Crippen LogP contribution in [0.15, 0.2) is 89.8 Å². The highest BCUT2D eigenvalue weighted by Crippen LogP contribution is 2.39. The Hall–Kier alpha value is -4.67. The first-order valence-corrected chi connectivity index (χ1v) is 16.5. The van der Waals surface area contributed by atoms with Gasteiger partial charge < -0.3 is 19.7 Å². The van der Waals surface area contributed by atoms with Gasteiger partial charge in [0.25, 0.3) is 5.91 Å². The van der Waals surface area contributed by atoms with Crippen molar-refractivity contribution in [1.82, 2.24) is 10.2 Å². The molecular formula is C35H35N3O6S. The summed E-state index contributed by atoms with van der Waals surface area (Å²) in [6, 6.07) is 25.2. The molecule has 0 spiro atoms. The van der Waals surface area contributed by atoms with Gasteiger partial charge in [-0.15, -0.1) is 0 Å². The highest BCUT2D eigenvalue weighted by atomic mass is 32.2. The topological polar surface area (TPSA) is 128 Å². The van der Waals surface area contributed by atoms with Gasteiger partial charge in [0.1, 0.15) is 17.2 Å². The molecule has 9 rings (SSSR count). The van der Waals surface area contributed by atoms with Gasteiger partial charge in [-0.25, -0.2) is 13.6 Å². The quantitative estimate of drug-likeness (QED) is 0.321. The van der Waals surface area contributed by atoms with Crippen LogP contribution in [0.1, 0.15) is 57.1 Å². The molecule has 0 fully saturated rings. The number of nitrogens with two attached hydrogens (primary N) is 1. The molecule has 0 aromatic heterocycles. The molecule has 45 heavy (non-hydrogen) atoms. The van der Waals surface area contributed by atoms with E-state index in [1.807, 2.05) is 66.7 Å². The van der Waals surface area contributed by atoms with Crippen LogP contribution in [0, 0.1) is 6.92 Å². The number of ether oxygens (including phenoxy) is 2. The highest BCUT2D eigenvalue weighted by molar-refractivity contribution is 7.89. The van der Waals surface area contributed by atoms with Crippen molar-refractivity contribution in [3.63, 3.8) is 0 Å². The van der Waals surface area contributed by atoms with Crippen LogP contribution in [0.5, 0.6) is 17.2 Å². The van der Waals surface area contributed by atoms with E-state index >= 15 is 0 Å². The third kappa shape index (κ3) is 6.87. The second-order valence-electron chi connectivity index (χ2n) is 11.4. The maximum absolute atomic E-state index is 14.2. The number of hydrogen-bond donors (Lipinski definition) is 2. The molecule has 9 nitrogen and oxygen atoms in total. The zero-order valence-corrected chi connectivity index (χ0v) is 25.8. The summed E-state index contributed by atoms with van der Waals surface area (Å²) in [6.07, 6.45) is 2.26. The van der Waals surface area contributed by atoms with Gasteiger partial charge in [0.05, 0.1) is 17.5 Å². The number of nitrogens with zero attached hydrogens (tertiary/aromatic N) is 1. The number of carbonyl (C=O) groups is 2. The van der Waals surface area contributed by atoms with Crippen molar-refractivity contribution in [2.24, 2.45) is 5.14 Å². The monoisotopic (exact) mass is 625 g/mol. The molecule has 10 heteroatoms. The average molecular weight is 626 g/mol. The molecule has 1 unspecified atom stereocenters. The Labute approximate surface area is 263 Å². The lowest BCUT2D eigenvalue weighted by atomic mass is 9.87. The van der Waals surface area contributed by atoms with Gasteiger partial charge in [-0.3, -0.25) is 9.59 Å². The molecule has 5 aliphatic heterocycles. The van der Waals surface area contributed by atoms with Gasteiger partial charge in [0, 0.05) is 25.1 Å². The number of sulfonamides is 1. The fourth-order valence-electron chi connectivity index (χ4n) is 5.88. The molecule has 4 aromatic carbocycles. The molecule has 0 saturated heterocycles. The lowest BCUT2D eigenvalue weighted by Gasteiger charge is -2.38.